The van der Waals surface area contributed by atoms with Crippen molar-refractivity contribution in [2.75, 3.05) is 0 Å². The topological polar surface area (TPSA) is 57.2 Å². The maximum absolute atomic E-state index is 10.7. The van der Waals surface area contributed by atoms with E-state index in [9.17, 15) is 14.7 Å². The van der Waals surface area contributed by atoms with Crippen molar-refractivity contribution in [1.29, 1.82) is 0 Å². The average Bonchev–Trinajstić information content (AvgIpc) is 2.38. The Bertz CT molecular complexity index is 603. The van der Waals surface area contributed by atoms with Crippen LogP contribution in [0.25, 0.3) is 11.1 Å². The lowest BCUT2D eigenvalue weighted by atomic mass is 10.0. The Morgan fingerprint density at radius 3 is 2.17 bits per heavy atom. The largest absolute Gasteiger partial charge is 0.545 e. The molecule has 2 aromatic rings. The minimum Gasteiger partial charge on any atom is -0.545 e. The molecule has 0 amide bonds. The predicted molar refractivity (Wildman–Crippen MR) is 66.6 cm³/mol. The van der Waals surface area contributed by atoms with E-state index < -0.39 is 5.97 Å². The number of benzene rings is 2. The first-order valence-electron chi connectivity index (χ1n) is 5.18. The van der Waals surface area contributed by atoms with Crippen molar-refractivity contribution < 1.29 is 14.7 Å². The number of carbonyl (C=O) groups excluding carboxylic acids is 2. The number of halogens is 1. The van der Waals surface area contributed by atoms with E-state index in [1.165, 1.54) is 6.07 Å². The van der Waals surface area contributed by atoms with Crippen molar-refractivity contribution in [3.63, 3.8) is 0 Å². The summed E-state index contributed by atoms with van der Waals surface area (Å²) in [5.74, 6) is -1.30. The van der Waals surface area contributed by atoms with Gasteiger partial charge >= 0.3 is 0 Å². The number of rotatable bonds is 3. The molecule has 2 rings (SSSR count). The molecule has 4 heteroatoms. The van der Waals surface area contributed by atoms with E-state index in [-0.39, 0.29) is 10.6 Å². The van der Waals surface area contributed by atoms with Gasteiger partial charge in [-0.1, -0.05) is 48.0 Å². The Hall–Kier alpha value is -2.13. The fraction of sp³-hybridized carbons (Fsp3) is 0. The summed E-state index contributed by atoms with van der Waals surface area (Å²) in [6, 6.07) is 11.5. The number of carboxylic acid groups (broad SMARTS) is 1. The van der Waals surface area contributed by atoms with Crippen molar-refractivity contribution in [2.24, 2.45) is 0 Å². The molecule has 0 bridgehead atoms. The first-order valence-corrected chi connectivity index (χ1v) is 5.56. The van der Waals surface area contributed by atoms with Crippen LogP contribution in [0.1, 0.15) is 20.7 Å². The molecule has 0 saturated carbocycles. The van der Waals surface area contributed by atoms with Crippen LogP contribution in [0.2, 0.25) is 5.02 Å². The summed E-state index contributed by atoms with van der Waals surface area (Å²) in [5.41, 5.74) is 2.18. The molecule has 0 spiro atoms. The summed E-state index contributed by atoms with van der Waals surface area (Å²) in [4.78, 5) is 21.3. The van der Waals surface area contributed by atoms with E-state index in [0.29, 0.717) is 5.56 Å². The molecule has 0 aliphatic rings. The molecule has 0 N–H and O–H groups in total. The highest BCUT2D eigenvalue weighted by atomic mass is 35.5. The highest BCUT2D eigenvalue weighted by Gasteiger charge is 2.04. The first-order chi connectivity index (χ1) is 8.61. The Kier molecular flexibility index (Phi) is 3.44. The van der Waals surface area contributed by atoms with Crippen LogP contribution < -0.4 is 5.11 Å². The van der Waals surface area contributed by atoms with Crippen LogP contribution in [-0.4, -0.2) is 12.3 Å². The summed E-state index contributed by atoms with van der Waals surface area (Å²) in [6.07, 6.45) is 0.760. The van der Waals surface area contributed by atoms with Gasteiger partial charge in [0.1, 0.15) is 6.29 Å². The van der Waals surface area contributed by atoms with Gasteiger partial charge in [-0.05, 0) is 17.2 Å². The highest BCUT2D eigenvalue weighted by molar-refractivity contribution is 6.33. The van der Waals surface area contributed by atoms with Gasteiger partial charge in [-0.3, -0.25) is 4.79 Å². The van der Waals surface area contributed by atoms with Crippen LogP contribution in [0.15, 0.2) is 42.5 Å². The zero-order valence-corrected chi connectivity index (χ0v) is 9.98. The maximum Gasteiger partial charge on any atom is 0.150 e. The van der Waals surface area contributed by atoms with E-state index in [4.69, 9.17) is 11.6 Å². The van der Waals surface area contributed by atoms with E-state index in [0.717, 1.165) is 17.4 Å². The molecule has 0 radical (unpaired) electrons. The van der Waals surface area contributed by atoms with Gasteiger partial charge in [-0.15, -0.1) is 0 Å². The quantitative estimate of drug-likeness (QED) is 0.794. The van der Waals surface area contributed by atoms with Crippen molar-refractivity contribution >= 4 is 23.9 Å². The molecule has 0 saturated heterocycles. The smallest absolute Gasteiger partial charge is 0.150 e. The second-order valence-electron chi connectivity index (χ2n) is 3.72. The second kappa shape index (κ2) is 5.02. The van der Waals surface area contributed by atoms with E-state index in [2.05, 4.69) is 0 Å². The molecule has 0 unspecified atom stereocenters. The standard InChI is InChI=1S/C14H9ClO3/c15-13-7-11(5-6-12(13)14(17)18)10-3-1-9(8-16)2-4-10/h1-8H,(H,17,18)/p-1. The Morgan fingerprint density at radius 2 is 1.67 bits per heavy atom. The van der Waals surface area contributed by atoms with Crippen molar-refractivity contribution in [2.45, 2.75) is 0 Å². The lowest BCUT2D eigenvalue weighted by Gasteiger charge is -2.08. The Morgan fingerprint density at radius 1 is 1.06 bits per heavy atom. The third-order valence-electron chi connectivity index (χ3n) is 2.57. The van der Waals surface area contributed by atoms with Crippen molar-refractivity contribution in [1.82, 2.24) is 0 Å². The first kappa shape index (κ1) is 12.3. The summed E-state index contributed by atoms with van der Waals surface area (Å²) in [7, 11) is 0. The molecule has 3 nitrogen and oxygen atoms in total. The van der Waals surface area contributed by atoms with Crippen LogP contribution in [0.4, 0.5) is 0 Å². The monoisotopic (exact) mass is 259 g/mol. The third kappa shape index (κ3) is 2.41. The van der Waals surface area contributed by atoms with Gasteiger partial charge in [0.25, 0.3) is 0 Å². The summed E-state index contributed by atoms with van der Waals surface area (Å²) >= 11 is 5.86. The zero-order valence-electron chi connectivity index (χ0n) is 9.22. The van der Waals surface area contributed by atoms with E-state index in [1.807, 2.05) is 0 Å². The van der Waals surface area contributed by atoms with Crippen molar-refractivity contribution in [3.05, 3.63) is 58.6 Å². The molecule has 0 aliphatic heterocycles. The lowest BCUT2D eigenvalue weighted by Crippen LogP contribution is -2.22. The number of aromatic carboxylic acids is 1. The normalized spacial score (nSPS) is 10.1. The molecule has 2 aromatic carbocycles. The van der Waals surface area contributed by atoms with Crippen LogP contribution >= 0.6 is 11.6 Å². The molecule has 0 aromatic heterocycles. The Labute approximate surface area is 109 Å². The zero-order chi connectivity index (χ0) is 13.1. The molecule has 0 heterocycles. The molecule has 0 atom stereocenters. The molecule has 0 fully saturated rings. The lowest BCUT2D eigenvalue weighted by molar-refractivity contribution is -0.255. The summed E-state index contributed by atoms with van der Waals surface area (Å²) < 4.78 is 0. The van der Waals surface area contributed by atoms with E-state index >= 15 is 0 Å². The number of carboxylic acids is 1. The fourth-order valence-corrected chi connectivity index (χ4v) is 1.87. The van der Waals surface area contributed by atoms with Gasteiger partial charge in [0.05, 0.1) is 11.0 Å². The van der Waals surface area contributed by atoms with Crippen LogP contribution in [0.5, 0.6) is 0 Å². The van der Waals surface area contributed by atoms with Gasteiger partial charge < -0.3 is 9.90 Å². The number of hydrogen-bond donors (Lipinski definition) is 0. The van der Waals surface area contributed by atoms with Gasteiger partial charge in [0.15, 0.2) is 0 Å². The minimum absolute atomic E-state index is 0.0371. The molecular weight excluding hydrogens is 252 g/mol. The van der Waals surface area contributed by atoms with Crippen LogP contribution in [0, 0.1) is 0 Å². The minimum atomic E-state index is -1.30. The second-order valence-corrected chi connectivity index (χ2v) is 4.13. The third-order valence-corrected chi connectivity index (χ3v) is 2.88. The average molecular weight is 260 g/mol. The van der Waals surface area contributed by atoms with Gasteiger partial charge in [0, 0.05) is 11.1 Å². The summed E-state index contributed by atoms with van der Waals surface area (Å²) in [5, 5.41) is 10.9. The molecular formula is C14H8ClO3-. The Balaban J connectivity index is 2.41. The maximum atomic E-state index is 10.7. The van der Waals surface area contributed by atoms with Gasteiger partial charge in [-0.25, -0.2) is 0 Å². The van der Waals surface area contributed by atoms with Gasteiger partial charge in [0.2, 0.25) is 0 Å². The molecule has 0 aliphatic carbocycles. The number of aldehydes is 1. The van der Waals surface area contributed by atoms with Crippen LogP contribution in [-0.2, 0) is 0 Å². The van der Waals surface area contributed by atoms with Crippen LogP contribution in [0.3, 0.4) is 0 Å². The number of hydrogen-bond acceptors (Lipinski definition) is 3. The van der Waals surface area contributed by atoms with E-state index in [1.54, 1.807) is 36.4 Å². The highest BCUT2D eigenvalue weighted by Crippen LogP contribution is 2.25. The summed E-state index contributed by atoms with van der Waals surface area (Å²) in [6.45, 7) is 0. The molecule has 90 valence electrons. The number of carbonyl (C=O) groups is 2. The van der Waals surface area contributed by atoms with Crippen molar-refractivity contribution in [3.8, 4) is 11.1 Å². The predicted octanol–water partition coefficient (Wildman–Crippen LogP) is 2.18. The SMILES string of the molecule is O=Cc1ccc(-c2ccc(C(=O)[O-])c(Cl)c2)cc1. The van der Waals surface area contributed by atoms with Gasteiger partial charge in [-0.2, -0.15) is 0 Å². The fourth-order valence-electron chi connectivity index (χ4n) is 1.61. The molecule has 18 heavy (non-hydrogen) atoms.